The number of hydrogen-bond acceptors (Lipinski definition) is 2. The maximum atomic E-state index is 12.7. The molecule has 2 rings (SSSR count). The van der Waals surface area contributed by atoms with Crippen molar-refractivity contribution in [3.05, 3.63) is 29.6 Å². The molecular weight excluding hydrogens is 173 g/mol. The minimum atomic E-state index is -0.856. The first-order valence-electron chi connectivity index (χ1n) is 3.78. The second kappa shape index (κ2) is 2.65. The van der Waals surface area contributed by atoms with Crippen molar-refractivity contribution in [2.45, 2.75) is 5.92 Å². The van der Waals surface area contributed by atoms with Gasteiger partial charge in [-0.2, -0.15) is 0 Å². The fourth-order valence-electron chi connectivity index (χ4n) is 1.39. The molecule has 0 fully saturated rings. The SMILES string of the molecule is O=CC1C(=O)Nc2ccc(F)cc21. The van der Waals surface area contributed by atoms with E-state index in [0.717, 1.165) is 0 Å². The van der Waals surface area contributed by atoms with Gasteiger partial charge in [-0.05, 0) is 23.8 Å². The highest BCUT2D eigenvalue weighted by Crippen LogP contribution is 2.31. The second-order valence-electron chi connectivity index (χ2n) is 2.83. The minimum Gasteiger partial charge on any atom is -0.325 e. The van der Waals surface area contributed by atoms with E-state index in [9.17, 15) is 14.0 Å². The van der Waals surface area contributed by atoms with Crippen LogP contribution in [0.3, 0.4) is 0 Å². The molecule has 3 nitrogen and oxygen atoms in total. The van der Waals surface area contributed by atoms with Crippen molar-refractivity contribution in [2.24, 2.45) is 0 Å². The largest absolute Gasteiger partial charge is 0.325 e. The molecule has 0 radical (unpaired) electrons. The second-order valence-corrected chi connectivity index (χ2v) is 2.83. The van der Waals surface area contributed by atoms with Crippen LogP contribution in [-0.2, 0) is 9.59 Å². The third-order valence-electron chi connectivity index (χ3n) is 2.03. The summed E-state index contributed by atoms with van der Waals surface area (Å²) in [6, 6.07) is 3.89. The highest BCUT2D eigenvalue weighted by molar-refractivity contribution is 6.11. The van der Waals surface area contributed by atoms with E-state index in [4.69, 9.17) is 0 Å². The molecule has 0 aliphatic carbocycles. The monoisotopic (exact) mass is 179 g/mol. The van der Waals surface area contributed by atoms with Gasteiger partial charge in [0, 0.05) is 5.69 Å². The third kappa shape index (κ3) is 1.11. The van der Waals surface area contributed by atoms with Crippen LogP contribution in [0.25, 0.3) is 0 Å². The lowest BCUT2D eigenvalue weighted by Gasteiger charge is -1.98. The lowest BCUT2D eigenvalue weighted by Crippen LogP contribution is -2.12. The Bertz CT molecular complexity index is 389. The van der Waals surface area contributed by atoms with Gasteiger partial charge in [-0.15, -0.1) is 0 Å². The smallest absolute Gasteiger partial charge is 0.239 e. The molecule has 0 saturated heterocycles. The lowest BCUT2D eigenvalue weighted by atomic mass is 10.0. The first-order chi connectivity index (χ1) is 6.22. The predicted octanol–water partition coefficient (Wildman–Crippen LogP) is 1.06. The van der Waals surface area contributed by atoms with Crippen LogP contribution in [0.4, 0.5) is 10.1 Å². The molecule has 1 aromatic carbocycles. The quantitative estimate of drug-likeness (QED) is 0.517. The number of benzene rings is 1. The van der Waals surface area contributed by atoms with Gasteiger partial charge in [0.15, 0.2) is 0 Å². The van der Waals surface area contributed by atoms with Crippen LogP contribution in [0.15, 0.2) is 18.2 Å². The highest BCUT2D eigenvalue weighted by atomic mass is 19.1. The van der Waals surface area contributed by atoms with Crippen LogP contribution in [0.1, 0.15) is 11.5 Å². The maximum Gasteiger partial charge on any atom is 0.239 e. The average Bonchev–Trinajstić information content (AvgIpc) is 2.40. The lowest BCUT2D eigenvalue weighted by molar-refractivity contribution is -0.121. The fourth-order valence-corrected chi connectivity index (χ4v) is 1.39. The first kappa shape index (κ1) is 7.91. The Morgan fingerprint density at radius 1 is 1.46 bits per heavy atom. The molecule has 0 saturated carbocycles. The Hall–Kier alpha value is -1.71. The molecule has 1 aliphatic rings. The molecule has 0 spiro atoms. The highest BCUT2D eigenvalue weighted by Gasteiger charge is 2.30. The molecule has 13 heavy (non-hydrogen) atoms. The minimum absolute atomic E-state index is 0.393. The molecule has 66 valence electrons. The van der Waals surface area contributed by atoms with Gasteiger partial charge in [-0.3, -0.25) is 4.79 Å². The van der Waals surface area contributed by atoms with Gasteiger partial charge in [0.1, 0.15) is 18.0 Å². The Morgan fingerprint density at radius 2 is 2.23 bits per heavy atom. The summed E-state index contributed by atoms with van der Waals surface area (Å²) in [4.78, 5) is 21.6. The van der Waals surface area contributed by atoms with Crippen molar-refractivity contribution in [1.82, 2.24) is 0 Å². The van der Waals surface area contributed by atoms with Crippen molar-refractivity contribution >= 4 is 17.9 Å². The molecule has 1 unspecified atom stereocenters. The zero-order valence-electron chi connectivity index (χ0n) is 6.58. The summed E-state index contributed by atoms with van der Waals surface area (Å²) in [6.45, 7) is 0. The molecule has 1 amide bonds. The number of halogens is 1. The number of rotatable bonds is 1. The van der Waals surface area contributed by atoms with Crippen LogP contribution in [0, 0.1) is 5.82 Å². The van der Waals surface area contributed by atoms with Gasteiger partial charge in [-0.25, -0.2) is 4.39 Å². The maximum absolute atomic E-state index is 12.7. The summed E-state index contributed by atoms with van der Waals surface area (Å²) in [6.07, 6.45) is 0.514. The van der Waals surface area contributed by atoms with Crippen LogP contribution >= 0.6 is 0 Å². The first-order valence-corrected chi connectivity index (χ1v) is 3.78. The number of hydrogen-bond donors (Lipinski definition) is 1. The van der Waals surface area contributed by atoms with E-state index in [2.05, 4.69) is 5.32 Å². The van der Waals surface area contributed by atoms with E-state index in [1.807, 2.05) is 0 Å². The van der Waals surface area contributed by atoms with E-state index in [1.54, 1.807) is 0 Å². The normalized spacial score (nSPS) is 19.5. The van der Waals surface area contributed by atoms with Crippen LogP contribution in [0.5, 0.6) is 0 Å². The molecule has 1 N–H and O–H groups in total. The van der Waals surface area contributed by atoms with E-state index >= 15 is 0 Å². The molecule has 1 aliphatic heterocycles. The fraction of sp³-hybridized carbons (Fsp3) is 0.111. The zero-order chi connectivity index (χ0) is 9.42. The van der Waals surface area contributed by atoms with E-state index in [-0.39, 0.29) is 0 Å². The standard InChI is InChI=1S/C9H6FNO2/c10-5-1-2-8-6(3-5)7(4-12)9(13)11-8/h1-4,7H,(H,11,13). The number of carbonyl (C=O) groups is 2. The summed E-state index contributed by atoms with van der Waals surface area (Å²) >= 11 is 0. The van der Waals surface area contributed by atoms with Crippen molar-refractivity contribution in [3.63, 3.8) is 0 Å². The van der Waals surface area contributed by atoms with E-state index < -0.39 is 17.6 Å². The Morgan fingerprint density at radius 3 is 2.92 bits per heavy atom. The number of anilines is 1. The number of aldehydes is 1. The Kier molecular flexibility index (Phi) is 1.62. The Balaban J connectivity index is 2.55. The Labute approximate surface area is 73.6 Å². The summed E-state index contributed by atoms with van der Waals surface area (Å²) in [5.41, 5.74) is 0.934. The number of fused-ring (bicyclic) bond motifs is 1. The van der Waals surface area contributed by atoms with Crippen LogP contribution < -0.4 is 5.32 Å². The van der Waals surface area contributed by atoms with Crippen molar-refractivity contribution in [3.8, 4) is 0 Å². The number of carbonyl (C=O) groups excluding carboxylic acids is 2. The van der Waals surface area contributed by atoms with Gasteiger partial charge in [0.05, 0.1) is 0 Å². The third-order valence-corrected chi connectivity index (χ3v) is 2.03. The summed E-state index contributed by atoms with van der Waals surface area (Å²) in [5, 5.41) is 2.49. The summed E-state index contributed by atoms with van der Waals surface area (Å²) in [7, 11) is 0. The van der Waals surface area contributed by atoms with Crippen molar-refractivity contribution in [2.75, 3.05) is 5.32 Å². The summed E-state index contributed by atoms with van der Waals surface area (Å²) < 4.78 is 12.7. The van der Waals surface area contributed by atoms with Crippen molar-refractivity contribution < 1.29 is 14.0 Å². The van der Waals surface area contributed by atoms with Gasteiger partial charge in [0.25, 0.3) is 0 Å². The van der Waals surface area contributed by atoms with Crippen LogP contribution in [0.2, 0.25) is 0 Å². The molecule has 4 heteroatoms. The van der Waals surface area contributed by atoms with Crippen molar-refractivity contribution in [1.29, 1.82) is 0 Å². The number of amides is 1. The topological polar surface area (TPSA) is 46.2 Å². The molecule has 0 aromatic heterocycles. The molecular formula is C9H6FNO2. The van der Waals surface area contributed by atoms with E-state index in [0.29, 0.717) is 17.5 Å². The zero-order valence-corrected chi connectivity index (χ0v) is 6.58. The van der Waals surface area contributed by atoms with Gasteiger partial charge >= 0.3 is 0 Å². The average molecular weight is 179 g/mol. The van der Waals surface area contributed by atoms with Gasteiger partial charge < -0.3 is 10.1 Å². The molecule has 1 aromatic rings. The molecule has 0 bridgehead atoms. The van der Waals surface area contributed by atoms with Gasteiger partial charge in [-0.1, -0.05) is 0 Å². The predicted molar refractivity (Wildman–Crippen MR) is 43.8 cm³/mol. The molecule has 1 atom stereocenters. The van der Waals surface area contributed by atoms with E-state index in [1.165, 1.54) is 18.2 Å². The number of nitrogens with one attached hydrogen (secondary N) is 1. The summed E-state index contributed by atoms with van der Waals surface area (Å²) in [5.74, 6) is -1.69. The van der Waals surface area contributed by atoms with Crippen LogP contribution in [-0.4, -0.2) is 12.2 Å². The van der Waals surface area contributed by atoms with Gasteiger partial charge in [0.2, 0.25) is 5.91 Å². The molecule has 1 heterocycles.